The summed E-state index contributed by atoms with van der Waals surface area (Å²) in [5.74, 6) is 0.322. The lowest BCUT2D eigenvalue weighted by Crippen LogP contribution is -2.59. The van der Waals surface area contributed by atoms with Crippen molar-refractivity contribution in [3.8, 4) is 0 Å². The zero-order chi connectivity index (χ0) is 32.2. The van der Waals surface area contributed by atoms with Gasteiger partial charge in [-0.25, -0.2) is 9.97 Å². The highest BCUT2D eigenvalue weighted by atomic mass is 16.6. The topological polar surface area (TPSA) is 154 Å². The highest BCUT2D eigenvalue weighted by Gasteiger charge is 2.53. The van der Waals surface area contributed by atoms with Crippen LogP contribution in [0.4, 0.5) is 5.82 Å². The van der Waals surface area contributed by atoms with Gasteiger partial charge in [0, 0.05) is 56.4 Å². The Balaban J connectivity index is 0.816. The van der Waals surface area contributed by atoms with Gasteiger partial charge in [0.25, 0.3) is 11.8 Å². The molecule has 1 spiro atoms. The standard InChI is InChI=1S/C35H42N8O4/c44-29(20-43-12-10-23-5-1-2-6-25(23)19-43)18-37-33(45)30-13-31(39-22-38-30)40-27-14-35(15-27)16-28(17-35)41-34(46)32(24-8-9-24)42-47-21-26-7-3-4-11-36-26/h1-7,11,13,22,24,27-29,44H,8-10,12,14-21H2,(H,37,45)(H,41,46)(H,38,39,40)/b42-32+/t27?,28?,29-,35?/m0/s1. The summed E-state index contributed by atoms with van der Waals surface area (Å²) < 4.78 is 0. The number of aliphatic hydroxyl groups excluding tert-OH is 1. The van der Waals surface area contributed by atoms with E-state index in [0.29, 0.717) is 18.1 Å². The average Bonchev–Trinajstić information content (AvgIpc) is 3.89. The van der Waals surface area contributed by atoms with Gasteiger partial charge >= 0.3 is 0 Å². The second-order valence-corrected chi connectivity index (χ2v) is 13.6. The van der Waals surface area contributed by atoms with Crippen LogP contribution in [0, 0.1) is 11.3 Å². The molecule has 3 aromatic rings. The van der Waals surface area contributed by atoms with Crippen molar-refractivity contribution in [3.05, 3.63) is 83.6 Å². The molecule has 47 heavy (non-hydrogen) atoms. The van der Waals surface area contributed by atoms with Crippen LogP contribution in [-0.4, -0.2) is 80.3 Å². The van der Waals surface area contributed by atoms with Gasteiger partial charge in [0.15, 0.2) is 6.61 Å². The van der Waals surface area contributed by atoms with Gasteiger partial charge in [-0.3, -0.25) is 19.5 Å². The van der Waals surface area contributed by atoms with Gasteiger partial charge in [-0.05, 0) is 73.6 Å². The average molecular weight is 639 g/mol. The van der Waals surface area contributed by atoms with Crippen molar-refractivity contribution in [2.75, 3.05) is 25.0 Å². The molecule has 0 radical (unpaired) electrons. The van der Waals surface area contributed by atoms with E-state index in [0.717, 1.165) is 63.7 Å². The maximum atomic E-state index is 13.0. The number of benzene rings is 1. The molecule has 4 N–H and O–H groups in total. The number of pyridine rings is 1. The van der Waals surface area contributed by atoms with Crippen molar-refractivity contribution in [1.82, 2.24) is 30.5 Å². The first-order chi connectivity index (χ1) is 22.9. The third kappa shape index (κ3) is 7.77. The van der Waals surface area contributed by atoms with Gasteiger partial charge in [0.1, 0.15) is 23.6 Å². The summed E-state index contributed by atoms with van der Waals surface area (Å²) in [6.07, 6.45) is 9.15. The minimum atomic E-state index is -0.677. The molecule has 3 fully saturated rings. The fourth-order valence-electron chi connectivity index (χ4n) is 7.22. The number of hydrogen-bond acceptors (Lipinski definition) is 10. The largest absolute Gasteiger partial charge is 0.390 e. The molecule has 246 valence electrons. The van der Waals surface area contributed by atoms with Crippen LogP contribution in [-0.2, 0) is 29.2 Å². The van der Waals surface area contributed by atoms with Crippen LogP contribution < -0.4 is 16.0 Å². The predicted octanol–water partition coefficient (Wildman–Crippen LogP) is 2.84. The Labute approximate surface area is 274 Å². The molecule has 0 unspecified atom stereocenters. The molecule has 12 nitrogen and oxygen atoms in total. The zero-order valence-corrected chi connectivity index (χ0v) is 26.5. The van der Waals surface area contributed by atoms with Crippen molar-refractivity contribution in [2.45, 2.75) is 76.3 Å². The summed E-state index contributed by atoms with van der Waals surface area (Å²) in [6, 6.07) is 16.1. The molecule has 1 atom stereocenters. The fraction of sp³-hybridized carbons (Fsp3) is 0.486. The van der Waals surface area contributed by atoms with E-state index in [-0.39, 0.29) is 54.1 Å². The Hall–Kier alpha value is -4.42. The normalized spacial score (nSPS) is 24.3. The first-order valence-corrected chi connectivity index (χ1v) is 16.7. The summed E-state index contributed by atoms with van der Waals surface area (Å²) in [4.78, 5) is 46.2. The van der Waals surface area contributed by atoms with Gasteiger partial charge in [-0.2, -0.15) is 0 Å². The lowest BCUT2D eigenvalue weighted by atomic mass is 9.52. The van der Waals surface area contributed by atoms with Crippen molar-refractivity contribution >= 4 is 23.3 Å². The van der Waals surface area contributed by atoms with Gasteiger partial charge in [0.2, 0.25) is 0 Å². The number of oxime groups is 1. The summed E-state index contributed by atoms with van der Waals surface area (Å²) in [5, 5.41) is 24.2. The summed E-state index contributed by atoms with van der Waals surface area (Å²) in [5.41, 5.74) is 4.41. The van der Waals surface area contributed by atoms with E-state index < -0.39 is 6.10 Å². The SMILES string of the molecule is O=C(NC1CC2(C1)CC(Nc1cc(C(=O)NC[C@H](O)CN3CCc4ccccc4C3)ncn1)C2)/C(=N/OCc1ccccn1)C1CC1. The minimum Gasteiger partial charge on any atom is -0.390 e. The second kappa shape index (κ2) is 13.7. The van der Waals surface area contributed by atoms with Crippen molar-refractivity contribution in [1.29, 1.82) is 0 Å². The molecule has 4 aliphatic rings. The van der Waals surface area contributed by atoms with E-state index in [1.165, 1.54) is 17.5 Å². The number of nitrogens with zero attached hydrogens (tertiary/aromatic N) is 5. The first-order valence-electron chi connectivity index (χ1n) is 16.7. The molecule has 12 heteroatoms. The monoisotopic (exact) mass is 638 g/mol. The van der Waals surface area contributed by atoms with E-state index in [1.807, 2.05) is 24.3 Å². The van der Waals surface area contributed by atoms with Gasteiger partial charge < -0.3 is 25.9 Å². The summed E-state index contributed by atoms with van der Waals surface area (Å²) in [7, 11) is 0. The molecule has 3 aliphatic carbocycles. The van der Waals surface area contributed by atoms with Crippen LogP contribution in [0.25, 0.3) is 0 Å². The van der Waals surface area contributed by atoms with Gasteiger partial charge in [-0.15, -0.1) is 0 Å². The van der Waals surface area contributed by atoms with E-state index in [2.05, 4.69) is 59.2 Å². The Kier molecular flexibility index (Phi) is 9.12. The number of aliphatic hydroxyl groups is 1. The van der Waals surface area contributed by atoms with Crippen LogP contribution in [0.5, 0.6) is 0 Å². The molecule has 1 aromatic carbocycles. The Morgan fingerprint density at radius 1 is 1.02 bits per heavy atom. The lowest BCUT2D eigenvalue weighted by molar-refractivity contribution is -0.118. The van der Waals surface area contributed by atoms with Crippen LogP contribution in [0.2, 0.25) is 0 Å². The van der Waals surface area contributed by atoms with Crippen LogP contribution in [0.15, 0.2) is 66.2 Å². The molecular weight excluding hydrogens is 596 g/mol. The second-order valence-electron chi connectivity index (χ2n) is 13.6. The van der Waals surface area contributed by atoms with Crippen LogP contribution in [0.3, 0.4) is 0 Å². The fourth-order valence-corrected chi connectivity index (χ4v) is 7.22. The highest BCUT2D eigenvalue weighted by Crippen LogP contribution is 2.56. The first kappa shape index (κ1) is 31.2. The maximum Gasteiger partial charge on any atom is 0.270 e. The number of fused-ring (bicyclic) bond motifs is 1. The van der Waals surface area contributed by atoms with Gasteiger partial charge in [0.05, 0.1) is 11.8 Å². The maximum absolute atomic E-state index is 13.0. The zero-order valence-electron chi connectivity index (χ0n) is 26.5. The number of carbonyl (C=O) groups is 2. The summed E-state index contributed by atoms with van der Waals surface area (Å²) in [6.45, 7) is 2.58. The third-order valence-electron chi connectivity index (χ3n) is 9.78. The summed E-state index contributed by atoms with van der Waals surface area (Å²) >= 11 is 0. The molecule has 0 saturated heterocycles. The smallest absolute Gasteiger partial charge is 0.270 e. The number of rotatable bonds is 13. The number of carbonyl (C=O) groups excluding carboxylic acids is 2. The van der Waals surface area contributed by atoms with Crippen molar-refractivity contribution < 1.29 is 19.5 Å². The molecule has 7 rings (SSSR count). The van der Waals surface area contributed by atoms with E-state index >= 15 is 0 Å². The molecule has 0 bridgehead atoms. The molecule has 3 saturated carbocycles. The number of anilines is 1. The van der Waals surface area contributed by atoms with Crippen molar-refractivity contribution in [3.63, 3.8) is 0 Å². The Morgan fingerprint density at radius 2 is 1.81 bits per heavy atom. The quantitative estimate of drug-likeness (QED) is 0.164. The Bertz CT molecular complexity index is 1600. The number of amides is 2. The van der Waals surface area contributed by atoms with Crippen molar-refractivity contribution in [2.24, 2.45) is 16.5 Å². The highest BCUT2D eigenvalue weighted by molar-refractivity contribution is 6.40. The van der Waals surface area contributed by atoms with E-state index in [1.54, 1.807) is 12.3 Å². The molecule has 2 aromatic heterocycles. The van der Waals surface area contributed by atoms with Gasteiger partial charge in [-0.1, -0.05) is 35.5 Å². The lowest BCUT2D eigenvalue weighted by Gasteiger charge is -2.57. The molecule has 1 aliphatic heterocycles. The molecule has 3 heterocycles. The molecular formula is C35H42N8O4. The predicted molar refractivity (Wildman–Crippen MR) is 175 cm³/mol. The van der Waals surface area contributed by atoms with Crippen LogP contribution in [0.1, 0.15) is 65.8 Å². The minimum absolute atomic E-state index is 0.126. The Morgan fingerprint density at radius 3 is 2.60 bits per heavy atom. The third-order valence-corrected chi connectivity index (χ3v) is 9.78. The van der Waals surface area contributed by atoms with Crippen LogP contribution >= 0.6 is 0 Å². The number of hydrogen-bond donors (Lipinski definition) is 4. The number of β-amino-alcohol motifs (C(OH)–C–C–N with tert-alkyl or cyclic N) is 1. The van der Waals surface area contributed by atoms with E-state index in [9.17, 15) is 14.7 Å². The molecule has 2 amide bonds. The number of aromatic nitrogens is 3. The van der Waals surface area contributed by atoms with E-state index in [4.69, 9.17) is 4.84 Å². The number of nitrogens with one attached hydrogen (secondary N) is 3.